The Morgan fingerprint density at radius 3 is 2.52 bits per heavy atom. The number of pyridine rings is 1. The van der Waals surface area contributed by atoms with E-state index in [2.05, 4.69) is 10.3 Å². The average molecular weight is 398 g/mol. The molecule has 3 rings (SSSR count). The van der Waals surface area contributed by atoms with E-state index in [9.17, 15) is 9.59 Å². The summed E-state index contributed by atoms with van der Waals surface area (Å²) in [7, 11) is 1.89. The molecule has 0 unspecified atom stereocenters. The van der Waals surface area contributed by atoms with Crippen LogP contribution < -0.4 is 10.1 Å². The lowest BCUT2D eigenvalue weighted by molar-refractivity contribution is -0.137. The fourth-order valence-electron chi connectivity index (χ4n) is 2.99. The summed E-state index contributed by atoms with van der Waals surface area (Å²) < 4.78 is 10.8. The maximum absolute atomic E-state index is 12.2. The molecule has 8 heteroatoms. The lowest BCUT2D eigenvalue weighted by Crippen LogP contribution is -2.42. The third-order valence-electron chi connectivity index (χ3n) is 4.48. The van der Waals surface area contributed by atoms with Crippen LogP contribution in [0.3, 0.4) is 0 Å². The van der Waals surface area contributed by atoms with Crippen molar-refractivity contribution in [1.82, 2.24) is 14.8 Å². The van der Waals surface area contributed by atoms with Gasteiger partial charge >= 0.3 is 0 Å². The topological polar surface area (TPSA) is 84.0 Å². The van der Waals surface area contributed by atoms with Crippen molar-refractivity contribution in [3.63, 3.8) is 0 Å². The molecular formula is C21H26N4O4. The van der Waals surface area contributed by atoms with Gasteiger partial charge in [-0.2, -0.15) is 0 Å². The second-order valence-corrected chi connectivity index (χ2v) is 6.88. The first-order valence-corrected chi connectivity index (χ1v) is 9.56. The van der Waals surface area contributed by atoms with Crippen LogP contribution in [0.15, 0.2) is 48.8 Å². The molecule has 1 N–H and O–H groups in total. The van der Waals surface area contributed by atoms with E-state index in [4.69, 9.17) is 9.47 Å². The number of carbonyl (C=O) groups is 2. The number of amides is 2. The minimum Gasteiger partial charge on any atom is -0.484 e. The molecule has 0 radical (unpaired) electrons. The first-order valence-electron chi connectivity index (χ1n) is 9.56. The SMILES string of the molecule is CN(CC(=O)Nc1ccc(OCC(=O)N2CCOCC2)cc1)Cc1ccncc1. The number of anilines is 1. The van der Waals surface area contributed by atoms with Crippen LogP contribution in [0.2, 0.25) is 0 Å². The van der Waals surface area contributed by atoms with E-state index in [1.54, 1.807) is 41.6 Å². The maximum atomic E-state index is 12.2. The Morgan fingerprint density at radius 1 is 1.14 bits per heavy atom. The van der Waals surface area contributed by atoms with E-state index < -0.39 is 0 Å². The molecule has 0 spiro atoms. The van der Waals surface area contributed by atoms with Crippen LogP contribution in [0, 0.1) is 0 Å². The van der Waals surface area contributed by atoms with Gasteiger partial charge in [-0.1, -0.05) is 0 Å². The standard InChI is InChI=1S/C21H26N4O4/c1-24(14-17-6-8-22-9-7-17)15-20(26)23-18-2-4-19(5-3-18)29-16-21(27)25-10-12-28-13-11-25/h2-9H,10-16H2,1H3,(H,23,26). The molecule has 8 nitrogen and oxygen atoms in total. The number of rotatable bonds is 8. The fourth-order valence-corrected chi connectivity index (χ4v) is 2.99. The van der Waals surface area contributed by atoms with Crippen molar-refractivity contribution in [3.05, 3.63) is 54.4 Å². The van der Waals surface area contributed by atoms with Gasteiger partial charge in [0.2, 0.25) is 5.91 Å². The highest BCUT2D eigenvalue weighted by Gasteiger charge is 2.17. The second-order valence-electron chi connectivity index (χ2n) is 6.88. The molecule has 0 atom stereocenters. The highest BCUT2D eigenvalue weighted by molar-refractivity contribution is 5.92. The molecule has 2 heterocycles. The summed E-state index contributed by atoms with van der Waals surface area (Å²) in [6.45, 7) is 3.27. The van der Waals surface area contributed by atoms with E-state index in [0.717, 1.165) is 5.56 Å². The van der Waals surface area contributed by atoms with E-state index >= 15 is 0 Å². The first-order chi connectivity index (χ1) is 14.1. The Morgan fingerprint density at radius 2 is 1.83 bits per heavy atom. The Kier molecular flexibility index (Phi) is 7.54. The zero-order chi connectivity index (χ0) is 20.5. The summed E-state index contributed by atoms with van der Waals surface area (Å²) in [5.41, 5.74) is 1.78. The molecular weight excluding hydrogens is 372 g/mol. The molecule has 2 aromatic rings. The lowest BCUT2D eigenvalue weighted by atomic mass is 10.2. The zero-order valence-electron chi connectivity index (χ0n) is 16.5. The van der Waals surface area contributed by atoms with Crippen LogP contribution in [0.5, 0.6) is 5.75 Å². The molecule has 2 amide bonds. The molecule has 1 fully saturated rings. The van der Waals surface area contributed by atoms with Crippen LogP contribution in [-0.2, 0) is 20.9 Å². The third kappa shape index (κ3) is 6.85. The van der Waals surface area contributed by atoms with Crippen LogP contribution in [0.4, 0.5) is 5.69 Å². The van der Waals surface area contributed by atoms with Crippen molar-refractivity contribution < 1.29 is 19.1 Å². The number of ether oxygens (including phenoxy) is 2. The second kappa shape index (κ2) is 10.5. The number of morpholine rings is 1. The van der Waals surface area contributed by atoms with E-state index in [1.165, 1.54) is 0 Å². The highest BCUT2D eigenvalue weighted by Crippen LogP contribution is 2.16. The van der Waals surface area contributed by atoms with Crippen molar-refractivity contribution in [3.8, 4) is 5.75 Å². The van der Waals surface area contributed by atoms with Crippen molar-refractivity contribution in [1.29, 1.82) is 0 Å². The minimum absolute atomic E-state index is 0.00843. The van der Waals surface area contributed by atoms with E-state index in [1.807, 2.05) is 24.1 Å². The molecule has 1 aromatic carbocycles. The summed E-state index contributed by atoms with van der Waals surface area (Å²) in [6.07, 6.45) is 3.47. The molecule has 0 bridgehead atoms. The molecule has 154 valence electrons. The monoisotopic (exact) mass is 398 g/mol. The quantitative estimate of drug-likeness (QED) is 0.724. The van der Waals surface area contributed by atoms with Gasteiger partial charge in [-0.15, -0.1) is 0 Å². The van der Waals surface area contributed by atoms with Crippen LogP contribution in [-0.4, -0.2) is 73.1 Å². The van der Waals surface area contributed by atoms with Gasteiger partial charge in [-0.3, -0.25) is 19.5 Å². The predicted molar refractivity (Wildman–Crippen MR) is 109 cm³/mol. The number of carbonyl (C=O) groups excluding carboxylic acids is 2. The summed E-state index contributed by atoms with van der Waals surface area (Å²) >= 11 is 0. The molecule has 0 aliphatic carbocycles. The molecule has 29 heavy (non-hydrogen) atoms. The largest absolute Gasteiger partial charge is 0.484 e. The van der Waals surface area contributed by atoms with Gasteiger partial charge < -0.3 is 19.7 Å². The Balaban J connectivity index is 1.41. The van der Waals surface area contributed by atoms with Gasteiger partial charge in [0, 0.05) is 37.7 Å². The summed E-state index contributed by atoms with van der Waals surface area (Å²) in [5.74, 6) is 0.431. The summed E-state index contributed by atoms with van der Waals surface area (Å²) in [5, 5.41) is 2.86. The van der Waals surface area contributed by atoms with Crippen LogP contribution >= 0.6 is 0 Å². The number of benzene rings is 1. The Labute approximate surface area is 170 Å². The summed E-state index contributed by atoms with van der Waals surface area (Å²) in [6, 6.07) is 10.9. The molecule has 1 aromatic heterocycles. The summed E-state index contributed by atoms with van der Waals surface area (Å²) in [4.78, 5) is 32.0. The highest BCUT2D eigenvalue weighted by atomic mass is 16.5. The third-order valence-corrected chi connectivity index (χ3v) is 4.48. The zero-order valence-corrected chi connectivity index (χ0v) is 16.5. The predicted octanol–water partition coefficient (Wildman–Crippen LogP) is 1.39. The van der Waals surface area contributed by atoms with Crippen molar-refractivity contribution in [2.24, 2.45) is 0 Å². The van der Waals surface area contributed by atoms with E-state index in [0.29, 0.717) is 44.3 Å². The average Bonchev–Trinajstić information content (AvgIpc) is 2.74. The number of nitrogens with one attached hydrogen (secondary N) is 1. The number of aromatic nitrogens is 1. The smallest absolute Gasteiger partial charge is 0.260 e. The Hall–Kier alpha value is -2.97. The van der Waals surface area contributed by atoms with Gasteiger partial charge in [-0.05, 0) is 49.0 Å². The van der Waals surface area contributed by atoms with Gasteiger partial charge in [0.15, 0.2) is 6.61 Å². The number of hydrogen-bond donors (Lipinski definition) is 1. The minimum atomic E-state index is -0.0993. The Bertz CT molecular complexity index is 792. The number of hydrogen-bond acceptors (Lipinski definition) is 6. The molecule has 1 aliphatic rings. The number of nitrogens with zero attached hydrogens (tertiary/aromatic N) is 3. The van der Waals surface area contributed by atoms with Crippen molar-refractivity contribution in [2.75, 3.05) is 51.8 Å². The normalized spacial score (nSPS) is 13.9. The van der Waals surface area contributed by atoms with Gasteiger partial charge in [0.25, 0.3) is 5.91 Å². The van der Waals surface area contributed by atoms with Gasteiger partial charge in [0.05, 0.1) is 19.8 Å². The van der Waals surface area contributed by atoms with Gasteiger partial charge in [-0.25, -0.2) is 0 Å². The van der Waals surface area contributed by atoms with E-state index in [-0.39, 0.29) is 25.0 Å². The van der Waals surface area contributed by atoms with Crippen LogP contribution in [0.1, 0.15) is 5.56 Å². The maximum Gasteiger partial charge on any atom is 0.260 e. The van der Waals surface area contributed by atoms with Crippen molar-refractivity contribution in [2.45, 2.75) is 6.54 Å². The molecule has 0 saturated carbocycles. The van der Waals surface area contributed by atoms with Gasteiger partial charge in [0.1, 0.15) is 5.75 Å². The van der Waals surface area contributed by atoms with Crippen LogP contribution in [0.25, 0.3) is 0 Å². The molecule has 1 aliphatic heterocycles. The lowest BCUT2D eigenvalue weighted by Gasteiger charge is -2.26. The van der Waals surface area contributed by atoms with Crippen molar-refractivity contribution >= 4 is 17.5 Å². The molecule has 1 saturated heterocycles. The fraction of sp³-hybridized carbons (Fsp3) is 0.381. The number of likely N-dealkylation sites (N-methyl/N-ethyl adjacent to an activating group) is 1. The first kappa shape index (κ1) is 20.8.